The molecule has 136 valence electrons. The van der Waals surface area contributed by atoms with Crippen molar-refractivity contribution in [2.24, 2.45) is 5.18 Å². The number of halogens is 1. The maximum absolute atomic E-state index is 13.0. The summed E-state index contributed by atoms with van der Waals surface area (Å²) < 4.78 is 6.07. The number of aromatic nitrogens is 1. The highest BCUT2D eigenvalue weighted by atomic mass is 79.9. The van der Waals surface area contributed by atoms with E-state index in [1.807, 2.05) is 18.2 Å². The van der Waals surface area contributed by atoms with Crippen LogP contribution >= 0.6 is 15.9 Å². The average Bonchev–Trinajstić information content (AvgIpc) is 3.51. The Bertz CT molecular complexity index is 874. The monoisotopic (exact) mass is 417 g/mol. The van der Waals surface area contributed by atoms with Crippen LogP contribution in [0, 0.1) is 4.91 Å². The molecular weight excluding hydrogens is 398 g/mol. The zero-order valence-electron chi connectivity index (χ0n) is 14.6. The van der Waals surface area contributed by atoms with Gasteiger partial charge in [0.2, 0.25) is 0 Å². The number of benzene rings is 1. The summed E-state index contributed by atoms with van der Waals surface area (Å²) in [7, 11) is 1.41. The van der Waals surface area contributed by atoms with Gasteiger partial charge in [-0.15, -0.1) is 4.91 Å². The molecule has 0 N–H and O–H groups in total. The number of pyridine rings is 1. The molecule has 7 heteroatoms. The molecule has 2 fully saturated rings. The lowest BCUT2D eigenvalue weighted by Gasteiger charge is -2.40. The number of fused-ring (bicyclic) bond motifs is 1. The van der Waals surface area contributed by atoms with Gasteiger partial charge in [0.15, 0.2) is 0 Å². The van der Waals surface area contributed by atoms with Crippen molar-refractivity contribution in [1.29, 1.82) is 0 Å². The van der Waals surface area contributed by atoms with Crippen LogP contribution in [-0.4, -0.2) is 42.1 Å². The Hall–Kier alpha value is -1.86. The number of hydrogen-bond donors (Lipinski definition) is 0. The number of carbonyl (C=O) groups excluding carboxylic acids is 1. The van der Waals surface area contributed by atoms with Crippen LogP contribution in [0.25, 0.3) is 10.9 Å². The first-order valence-electron chi connectivity index (χ1n) is 8.83. The summed E-state index contributed by atoms with van der Waals surface area (Å²) in [6.45, 7) is 1.63. The predicted octanol–water partition coefficient (Wildman–Crippen LogP) is 4.06. The number of nitroso groups, excluding NO2 is 1. The Kier molecular flexibility index (Phi) is 4.52. The number of rotatable bonds is 4. The topological polar surface area (TPSA) is 71.9 Å². The van der Waals surface area contributed by atoms with Crippen molar-refractivity contribution in [1.82, 2.24) is 9.88 Å². The summed E-state index contributed by atoms with van der Waals surface area (Å²) in [6.07, 6.45) is 5.17. The second kappa shape index (κ2) is 6.70. The standard InChI is InChI=1S/C19H20BrN3O3/c1-26-18(24)19(6-8-23(9-7-19)13-3-4-13)17-14-10-12(20)2-5-15(14)21-11-16(17)22-25/h2,5,10-11,13H,3-4,6-9H2,1H3. The molecular formula is C19H20BrN3O3. The minimum Gasteiger partial charge on any atom is -0.468 e. The molecule has 1 aromatic heterocycles. The van der Waals surface area contributed by atoms with Crippen LogP contribution in [0.2, 0.25) is 0 Å². The van der Waals surface area contributed by atoms with Crippen molar-refractivity contribution in [3.05, 3.63) is 39.3 Å². The third-order valence-corrected chi connectivity index (χ3v) is 6.17. The van der Waals surface area contributed by atoms with E-state index in [0.717, 1.165) is 28.5 Å². The van der Waals surface area contributed by atoms with Crippen LogP contribution in [0.15, 0.2) is 34.0 Å². The number of esters is 1. The van der Waals surface area contributed by atoms with Gasteiger partial charge in [-0.2, -0.15) is 0 Å². The van der Waals surface area contributed by atoms with E-state index in [9.17, 15) is 9.70 Å². The van der Waals surface area contributed by atoms with Gasteiger partial charge in [0.1, 0.15) is 5.69 Å². The molecule has 0 amide bonds. The molecule has 1 aliphatic carbocycles. The quantitative estimate of drug-likeness (QED) is 0.553. The number of likely N-dealkylation sites (tertiary alicyclic amines) is 1. The molecule has 0 unspecified atom stereocenters. The fourth-order valence-corrected chi connectivity index (χ4v) is 4.55. The minimum absolute atomic E-state index is 0.223. The van der Waals surface area contributed by atoms with E-state index in [4.69, 9.17) is 4.74 Å². The van der Waals surface area contributed by atoms with E-state index < -0.39 is 5.41 Å². The smallest absolute Gasteiger partial charge is 0.316 e. The molecule has 1 saturated heterocycles. The lowest BCUT2D eigenvalue weighted by molar-refractivity contribution is -0.149. The molecule has 1 saturated carbocycles. The van der Waals surface area contributed by atoms with Crippen LogP contribution in [-0.2, 0) is 14.9 Å². The molecule has 2 aromatic rings. The fraction of sp³-hybridized carbons (Fsp3) is 0.474. The van der Waals surface area contributed by atoms with Gasteiger partial charge in [-0.05, 0) is 62.1 Å². The van der Waals surface area contributed by atoms with Gasteiger partial charge < -0.3 is 9.64 Å². The first-order chi connectivity index (χ1) is 12.6. The first kappa shape index (κ1) is 17.5. The van der Waals surface area contributed by atoms with E-state index in [2.05, 4.69) is 31.0 Å². The number of nitrogens with zero attached hydrogens (tertiary/aromatic N) is 3. The highest BCUT2D eigenvalue weighted by Crippen LogP contribution is 2.46. The lowest BCUT2D eigenvalue weighted by Crippen LogP contribution is -2.48. The van der Waals surface area contributed by atoms with Gasteiger partial charge in [0.05, 0.1) is 24.2 Å². The molecule has 6 nitrogen and oxygen atoms in total. The van der Waals surface area contributed by atoms with E-state index in [1.165, 1.54) is 26.1 Å². The highest BCUT2D eigenvalue weighted by molar-refractivity contribution is 9.10. The first-order valence-corrected chi connectivity index (χ1v) is 9.63. The Morgan fingerprint density at radius 2 is 2.08 bits per heavy atom. The van der Waals surface area contributed by atoms with E-state index in [1.54, 1.807) is 0 Å². The van der Waals surface area contributed by atoms with Gasteiger partial charge in [0.25, 0.3) is 0 Å². The minimum atomic E-state index is -0.870. The number of carbonyl (C=O) groups is 1. The number of ether oxygens (including phenoxy) is 1. The molecule has 26 heavy (non-hydrogen) atoms. The van der Waals surface area contributed by atoms with Gasteiger partial charge in [-0.1, -0.05) is 15.9 Å². The fourth-order valence-electron chi connectivity index (χ4n) is 4.19. The highest BCUT2D eigenvalue weighted by Gasteiger charge is 2.48. The molecule has 2 aliphatic rings. The number of piperidine rings is 1. The Morgan fingerprint density at radius 3 is 2.69 bits per heavy atom. The second-order valence-corrected chi connectivity index (χ2v) is 8.03. The average molecular weight is 418 g/mol. The Morgan fingerprint density at radius 1 is 1.35 bits per heavy atom. The van der Waals surface area contributed by atoms with Crippen LogP contribution in [0.4, 0.5) is 5.69 Å². The largest absolute Gasteiger partial charge is 0.468 e. The van der Waals surface area contributed by atoms with Crippen molar-refractivity contribution in [2.45, 2.75) is 37.1 Å². The molecule has 1 aromatic carbocycles. The number of hydrogen-bond acceptors (Lipinski definition) is 6. The third kappa shape index (κ3) is 2.83. The maximum Gasteiger partial charge on any atom is 0.316 e. The molecule has 2 heterocycles. The van der Waals surface area contributed by atoms with Crippen LogP contribution in [0.5, 0.6) is 0 Å². The van der Waals surface area contributed by atoms with Crippen molar-refractivity contribution >= 4 is 38.5 Å². The van der Waals surface area contributed by atoms with Gasteiger partial charge in [-0.3, -0.25) is 9.78 Å². The van der Waals surface area contributed by atoms with Gasteiger partial charge in [0, 0.05) is 21.5 Å². The molecule has 0 radical (unpaired) electrons. The van der Waals surface area contributed by atoms with Crippen molar-refractivity contribution in [3.63, 3.8) is 0 Å². The van der Waals surface area contributed by atoms with Crippen LogP contribution < -0.4 is 0 Å². The maximum atomic E-state index is 13.0. The second-order valence-electron chi connectivity index (χ2n) is 7.11. The van der Waals surface area contributed by atoms with E-state index in [-0.39, 0.29) is 11.7 Å². The molecule has 0 bridgehead atoms. The predicted molar refractivity (Wildman–Crippen MR) is 102 cm³/mol. The van der Waals surface area contributed by atoms with E-state index in [0.29, 0.717) is 24.4 Å². The van der Waals surface area contributed by atoms with Gasteiger partial charge in [-0.25, -0.2) is 0 Å². The summed E-state index contributed by atoms with van der Waals surface area (Å²) in [5.41, 5.74) is 0.746. The molecule has 1 aliphatic heterocycles. The zero-order valence-corrected chi connectivity index (χ0v) is 16.2. The number of methoxy groups -OCH3 is 1. The third-order valence-electron chi connectivity index (χ3n) is 5.68. The lowest BCUT2D eigenvalue weighted by atomic mass is 9.71. The molecule has 0 spiro atoms. The van der Waals surface area contributed by atoms with Crippen LogP contribution in [0.1, 0.15) is 31.2 Å². The van der Waals surface area contributed by atoms with Crippen molar-refractivity contribution in [3.8, 4) is 0 Å². The van der Waals surface area contributed by atoms with Crippen molar-refractivity contribution in [2.75, 3.05) is 20.2 Å². The summed E-state index contributed by atoms with van der Waals surface area (Å²) >= 11 is 3.48. The van der Waals surface area contributed by atoms with E-state index >= 15 is 0 Å². The zero-order chi connectivity index (χ0) is 18.3. The van der Waals surface area contributed by atoms with Gasteiger partial charge >= 0.3 is 5.97 Å². The van der Waals surface area contributed by atoms with Crippen LogP contribution in [0.3, 0.4) is 0 Å². The summed E-state index contributed by atoms with van der Waals surface area (Å²) in [4.78, 5) is 31.3. The van der Waals surface area contributed by atoms with Crippen molar-refractivity contribution < 1.29 is 9.53 Å². The summed E-state index contributed by atoms with van der Waals surface area (Å²) in [5.74, 6) is -0.301. The Balaban J connectivity index is 1.89. The normalized spacial score (nSPS) is 20.1. The molecule has 4 rings (SSSR count). The molecule has 0 atom stereocenters. The SMILES string of the molecule is COC(=O)C1(c2c(N=O)cnc3ccc(Br)cc23)CCN(C2CC2)CC1. The Labute approximate surface area is 160 Å². The summed E-state index contributed by atoms with van der Waals surface area (Å²) in [6, 6.07) is 6.33. The summed E-state index contributed by atoms with van der Waals surface area (Å²) in [5, 5.41) is 3.98.